The van der Waals surface area contributed by atoms with Crippen LogP contribution in [0.15, 0.2) is 30.3 Å². The van der Waals surface area contributed by atoms with Gasteiger partial charge >= 0.3 is 0 Å². The molecule has 0 unspecified atom stereocenters. The van der Waals surface area contributed by atoms with E-state index in [2.05, 4.69) is 0 Å². The van der Waals surface area contributed by atoms with Crippen molar-refractivity contribution in [3.63, 3.8) is 0 Å². The van der Waals surface area contributed by atoms with E-state index in [1.165, 1.54) is 0 Å². The Balaban J connectivity index is 0.000000288. The van der Waals surface area contributed by atoms with Crippen molar-refractivity contribution in [1.29, 1.82) is 0 Å². The van der Waals surface area contributed by atoms with Crippen molar-refractivity contribution in [2.75, 3.05) is 24.7 Å². The third-order valence-electron chi connectivity index (χ3n) is 1.65. The lowest BCUT2D eigenvalue weighted by Gasteiger charge is -1.95. The smallest absolute Gasteiger partial charge is 0.115 e. The zero-order valence-corrected chi connectivity index (χ0v) is 10.2. The highest BCUT2D eigenvalue weighted by atomic mass is 32.2. The Kier molecular flexibility index (Phi) is 11.8. The van der Waals surface area contributed by atoms with Gasteiger partial charge in [0.2, 0.25) is 0 Å². The molecule has 1 rings (SSSR count). The third kappa shape index (κ3) is 11.4. The zero-order chi connectivity index (χ0) is 12.1. The lowest BCUT2D eigenvalue weighted by atomic mass is 10.3. The SMILES string of the molecule is OCCCSCCCO.Oc1ccccc1. The predicted molar refractivity (Wildman–Crippen MR) is 68.8 cm³/mol. The van der Waals surface area contributed by atoms with E-state index < -0.39 is 0 Å². The van der Waals surface area contributed by atoms with Crippen molar-refractivity contribution >= 4 is 11.8 Å². The van der Waals surface area contributed by atoms with Gasteiger partial charge in [-0.05, 0) is 36.5 Å². The van der Waals surface area contributed by atoms with Gasteiger partial charge in [0.05, 0.1) is 0 Å². The number of aromatic hydroxyl groups is 1. The molecule has 0 saturated heterocycles. The highest BCUT2D eigenvalue weighted by Gasteiger charge is 1.86. The van der Waals surface area contributed by atoms with E-state index in [0.29, 0.717) is 5.75 Å². The molecule has 16 heavy (non-hydrogen) atoms. The summed E-state index contributed by atoms with van der Waals surface area (Å²) < 4.78 is 0. The molecule has 0 aliphatic carbocycles. The minimum Gasteiger partial charge on any atom is -0.508 e. The summed E-state index contributed by atoms with van der Waals surface area (Å²) in [6, 6.07) is 8.71. The topological polar surface area (TPSA) is 60.7 Å². The minimum atomic E-state index is 0.284. The molecule has 92 valence electrons. The van der Waals surface area contributed by atoms with Crippen LogP contribution in [0.5, 0.6) is 5.75 Å². The summed E-state index contributed by atoms with van der Waals surface area (Å²) in [6.07, 6.45) is 1.74. The Morgan fingerprint density at radius 2 is 1.38 bits per heavy atom. The monoisotopic (exact) mass is 244 g/mol. The van der Waals surface area contributed by atoms with Crippen molar-refractivity contribution in [2.24, 2.45) is 0 Å². The Labute approximate surface area is 101 Å². The van der Waals surface area contributed by atoms with Crippen LogP contribution in [-0.4, -0.2) is 40.0 Å². The number of para-hydroxylation sites is 1. The molecule has 0 atom stereocenters. The van der Waals surface area contributed by atoms with Gasteiger partial charge < -0.3 is 15.3 Å². The van der Waals surface area contributed by atoms with E-state index in [9.17, 15) is 0 Å². The number of thioether (sulfide) groups is 1. The summed E-state index contributed by atoms with van der Waals surface area (Å²) in [6.45, 7) is 0.568. The van der Waals surface area contributed by atoms with Crippen molar-refractivity contribution in [2.45, 2.75) is 12.8 Å². The molecule has 4 heteroatoms. The van der Waals surface area contributed by atoms with Crippen LogP contribution in [0.1, 0.15) is 12.8 Å². The highest BCUT2D eigenvalue weighted by Crippen LogP contribution is 2.03. The number of aliphatic hydroxyl groups is 2. The van der Waals surface area contributed by atoms with Gasteiger partial charge in [-0.25, -0.2) is 0 Å². The van der Waals surface area contributed by atoms with Crippen LogP contribution in [0.25, 0.3) is 0 Å². The number of hydrogen-bond acceptors (Lipinski definition) is 4. The molecular formula is C12H20O3S. The Bertz CT molecular complexity index is 223. The van der Waals surface area contributed by atoms with Crippen LogP contribution in [0, 0.1) is 0 Å². The van der Waals surface area contributed by atoms with Gasteiger partial charge in [0.15, 0.2) is 0 Å². The number of phenolic OH excluding ortho intramolecular Hbond substituents is 1. The molecule has 0 heterocycles. The van der Waals surface area contributed by atoms with Crippen LogP contribution < -0.4 is 0 Å². The van der Waals surface area contributed by atoms with Crippen LogP contribution in [0.4, 0.5) is 0 Å². The Hall–Kier alpha value is -0.710. The molecule has 0 spiro atoms. The molecule has 0 radical (unpaired) electrons. The van der Waals surface area contributed by atoms with E-state index >= 15 is 0 Å². The quantitative estimate of drug-likeness (QED) is 0.669. The summed E-state index contributed by atoms with van der Waals surface area (Å²) >= 11 is 1.78. The predicted octanol–water partition coefficient (Wildman–Crippen LogP) is 1.88. The molecule has 0 bridgehead atoms. The largest absolute Gasteiger partial charge is 0.508 e. The van der Waals surface area contributed by atoms with E-state index in [0.717, 1.165) is 24.3 Å². The second-order valence-electron chi connectivity index (χ2n) is 3.10. The molecule has 0 aliphatic rings. The second kappa shape index (κ2) is 12.4. The van der Waals surface area contributed by atoms with E-state index in [1.807, 2.05) is 6.07 Å². The molecule has 0 saturated carbocycles. The van der Waals surface area contributed by atoms with Crippen LogP contribution in [0.3, 0.4) is 0 Å². The number of rotatable bonds is 6. The maximum absolute atomic E-state index is 8.63. The summed E-state index contributed by atoms with van der Waals surface area (Å²) in [5.74, 6) is 2.34. The van der Waals surface area contributed by atoms with E-state index in [4.69, 9.17) is 15.3 Å². The highest BCUT2D eigenvalue weighted by molar-refractivity contribution is 7.99. The van der Waals surface area contributed by atoms with Gasteiger partial charge in [0.1, 0.15) is 5.75 Å². The molecule has 0 aliphatic heterocycles. The van der Waals surface area contributed by atoms with Crippen molar-refractivity contribution in [1.82, 2.24) is 0 Å². The Morgan fingerprint density at radius 1 is 0.875 bits per heavy atom. The van der Waals surface area contributed by atoms with Crippen LogP contribution in [0.2, 0.25) is 0 Å². The van der Waals surface area contributed by atoms with E-state index in [1.54, 1.807) is 36.0 Å². The molecule has 1 aromatic carbocycles. The average Bonchev–Trinajstić information content (AvgIpc) is 2.31. The maximum Gasteiger partial charge on any atom is 0.115 e. The second-order valence-corrected chi connectivity index (χ2v) is 4.33. The molecule has 0 amide bonds. The van der Waals surface area contributed by atoms with Gasteiger partial charge in [-0.1, -0.05) is 18.2 Å². The fraction of sp³-hybridized carbons (Fsp3) is 0.500. The van der Waals surface area contributed by atoms with Crippen molar-refractivity contribution in [3.05, 3.63) is 30.3 Å². The molecule has 1 aromatic rings. The molecule has 3 N–H and O–H groups in total. The summed E-state index contributed by atoms with van der Waals surface area (Å²) in [4.78, 5) is 0. The van der Waals surface area contributed by atoms with Gasteiger partial charge in [-0.3, -0.25) is 0 Å². The summed E-state index contributed by atoms with van der Waals surface area (Å²) in [5.41, 5.74) is 0. The van der Waals surface area contributed by atoms with Crippen molar-refractivity contribution in [3.8, 4) is 5.75 Å². The lowest BCUT2D eigenvalue weighted by molar-refractivity contribution is 0.295. The minimum absolute atomic E-state index is 0.284. The number of phenols is 1. The standard InChI is InChI=1S/C6H14O2S.C6H6O/c7-3-1-5-9-6-2-4-8;7-6-4-2-1-3-5-6/h7-8H,1-6H2;1-5,7H. The molecule has 0 fully saturated rings. The number of hydrogen-bond donors (Lipinski definition) is 3. The van der Waals surface area contributed by atoms with Gasteiger partial charge in [-0.15, -0.1) is 0 Å². The normalized spacial score (nSPS) is 9.38. The number of benzene rings is 1. The maximum atomic E-state index is 8.63. The lowest BCUT2D eigenvalue weighted by Crippen LogP contribution is -1.89. The van der Waals surface area contributed by atoms with E-state index in [-0.39, 0.29) is 13.2 Å². The van der Waals surface area contributed by atoms with Crippen LogP contribution >= 0.6 is 11.8 Å². The summed E-state index contributed by atoms with van der Waals surface area (Å²) in [5, 5.41) is 25.4. The van der Waals surface area contributed by atoms with Gasteiger partial charge in [0, 0.05) is 13.2 Å². The average molecular weight is 244 g/mol. The molecule has 3 nitrogen and oxygen atoms in total. The van der Waals surface area contributed by atoms with Crippen molar-refractivity contribution < 1.29 is 15.3 Å². The first kappa shape index (κ1) is 15.3. The third-order valence-corrected chi connectivity index (χ3v) is 2.80. The fourth-order valence-electron chi connectivity index (χ4n) is 0.863. The first-order chi connectivity index (χ1) is 7.81. The number of aliphatic hydroxyl groups excluding tert-OH is 2. The first-order valence-electron chi connectivity index (χ1n) is 5.34. The zero-order valence-electron chi connectivity index (χ0n) is 9.38. The van der Waals surface area contributed by atoms with Crippen LogP contribution in [-0.2, 0) is 0 Å². The molecular weight excluding hydrogens is 224 g/mol. The summed E-state index contributed by atoms with van der Waals surface area (Å²) in [7, 11) is 0. The Morgan fingerprint density at radius 3 is 1.69 bits per heavy atom. The van der Waals surface area contributed by atoms with Gasteiger partial charge in [-0.2, -0.15) is 11.8 Å². The molecule has 0 aromatic heterocycles. The van der Waals surface area contributed by atoms with Gasteiger partial charge in [0.25, 0.3) is 0 Å². The fourth-order valence-corrected chi connectivity index (χ4v) is 1.73. The first-order valence-corrected chi connectivity index (χ1v) is 6.50.